The van der Waals surface area contributed by atoms with Crippen molar-refractivity contribution in [2.24, 2.45) is 0 Å². The lowest BCUT2D eigenvalue weighted by Gasteiger charge is -2.17. The molecule has 13 heteroatoms. The van der Waals surface area contributed by atoms with E-state index in [-0.39, 0.29) is 51.1 Å². The summed E-state index contributed by atoms with van der Waals surface area (Å²) in [4.78, 5) is 37.1. The quantitative estimate of drug-likeness (QED) is 0.183. The number of aryl methyl sites for hydroxylation is 3. The van der Waals surface area contributed by atoms with Crippen LogP contribution in [0.25, 0.3) is 0 Å². The lowest BCUT2D eigenvalue weighted by Crippen LogP contribution is -2.04. The maximum Gasteiger partial charge on any atom is 0.330 e. The molecule has 0 fully saturated rings. The van der Waals surface area contributed by atoms with E-state index in [0.717, 1.165) is 16.7 Å². The molecular formula is C24H37O10P3. The third-order valence-corrected chi connectivity index (χ3v) is 9.21. The molecule has 5 N–H and O–H groups in total. The van der Waals surface area contributed by atoms with E-state index < -0.39 is 22.8 Å². The first-order valence-electron chi connectivity index (χ1n) is 12.1. The topological polar surface area (TPSA) is 171 Å². The molecule has 0 heterocycles. The molecule has 0 radical (unpaired) electrons. The Morgan fingerprint density at radius 2 is 0.946 bits per heavy atom. The molecule has 0 aliphatic carbocycles. The zero-order valence-corrected chi connectivity index (χ0v) is 23.8. The van der Waals surface area contributed by atoms with Gasteiger partial charge in [0.2, 0.25) is 0 Å². The molecular weight excluding hydrogens is 541 g/mol. The Bertz CT molecular complexity index is 1120. The van der Waals surface area contributed by atoms with Gasteiger partial charge >= 0.3 is 22.8 Å². The van der Waals surface area contributed by atoms with Gasteiger partial charge < -0.3 is 33.7 Å². The summed E-state index contributed by atoms with van der Waals surface area (Å²) in [5.74, 6) is 0. The van der Waals surface area contributed by atoms with E-state index in [4.69, 9.17) is 9.05 Å². The molecule has 0 spiro atoms. The molecule has 0 atom stereocenters. The lowest BCUT2D eigenvalue weighted by molar-refractivity contribution is 0.220. The molecule has 0 unspecified atom stereocenters. The summed E-state index contributed by atoms with van der Waals surface area (Å²) in [6, 6.07) is 10.9. The van der Waals surface area contributed by atoms with Gasteiger partial charge in [0.15, 0.2) is 0 Å². The van der Waals surface area contributed by atoms with Gasteiger partial charge in [-0.05, 0) is 72.9 Å². The van der Waals surface area contributed by atoms with Gasteiger partial charge in [-0.3, -0.25) is 13.7 Å². The zero-order valence-electron chi connectivity index (χ0n) is 21.2. The van der Waals surface area contributed by atoms with Gasteiger partial charge in [-0.15, -0.1) is 0 Å². The maximum absolute atomic E-state index is 12.9. The standard InChI is InChI=1S/C24H37O10P3/c1-3-33-37(32,34-4-2)10-7-21-14-23(17-24(15-21)18-25)16-22-12-19(5-8-35(26,27)28)11-20(13-22)6-9-36(29,30)31/h11-15,17,25H,3-10,16,18H2,1-2H3,(H2,26,27,28)(H2,29,30,31). The van der Waals surface area contributed by atoms with Crippen LogP contribution in [0.2, 0.25) is 0 Å². The van der Waals surface area contributed by atoms with Crippen LogP contribution in [0.5, 0.6) is 0 Å². The number of hydrogen-bond acceptors (Lipinski definition) is 6. The van der Waals surface area contributed by atoms with E-state index in [2.05, 4.69) is 0 Å². The van der Waals surface area contributed by atoms with E-state index in [9.17, 15) is 38.4 Å². The third-order valence-electron chi connectivity index (χ3n) is 5.53. The Balaban J connectivity index is 2.32. The summed E-state index contributed by atoms with van der Waals surface area (Å²) in [6.07, 6.45) is 0.583. The Labute approximate surface area is 217 Å². The smallest absolute Gasteiger partial charge is 0.330 e. The van der Waals surface area contributed by atoms with Crippen molar-refractivity contribution in [1.82, 2.24) is 0 Å². The molecule has 10 nitrogen and oxygen atoms in total. The van der Waals surface area contributed by atoms with Crippen LogP contribution in [0.15, 0.2) is 36.4 Å². The van der Waals surface area contributed by atoms with Crippen molar-refractivity contribution in [2.45, 2.75) is 46.1 Å². The highest BCUT2D eigenvalue weighted by Gasteiger charge is 2.23. The molecule has 0 aliphatic heterocycles. The van der Waals surface area contributed by atoms with Crippen LogP contribution in [0, 0.1) is 0 Å². The predicted molar refractivity (Wildman–Crippen MR) is 142 cm³/mol. The van der Waals surface area contributed by atoms with Gasteiger partial charge in [0.1, 0.15) is 0 Å². The highest BCUT2D eigenvalue weighted by molar-refractivity contribution is 7.53. The summed E-state index contributed by atoms with van der Waals surface area (Å²) in [5.41, 5.74) is 4.51. The Hall–Kier alpha value is -1.15. The van der Waals surface area contributed by atoms with E-state index in [0.29, 0.717) is 29.5 Å². The molecule has 37 heavy (non-hydrogen) atoms. The Morgan fingerprint density at radius 1 is 0.595 bits per heavy atom. The van der Waals surface area contributed by atoms with Crippen molar-refractivity contribution in [1.29, 1.82) is 0 Å². The zero-order chi connectivity index (χ0) is 27.7. The maximum atomic E-state index is 12.9. The molecule has 0 bridgehead atoms. The average molecular weight is 578 g/mol. The molecule has 2 rings (SSSR count). The highest BCUT2D eigenvalue weighted by atomic mass is 31.2. The monoisotopic (exact) mass is 578 g/mol. The van der Waals surface area contributed by atoms with Crippen LogP contribution in [0.1, 0.15) is 47.2 Å². The van der Waals surface area contributed by atoms with Crippen LogP contribution >= 0.6 is 22.8 Å². The molecule has 0 aliphatic rings. The normalized spacial score (nSPS) is 12.7. The first-order valence-corrected chi connectivity index (χ1v) is 17.4. The van der Waals surface area contributed by atoms with Crippen LogP contribution < -0.4 is 0 Å². The van der Waals surface area contributed by atoms with Gasteiger partial charge in [0.25, 0.3) is 0 Å². The number of benzene rings is 2. The first kappa shape index (κ1) is 32.1. The van der Waals surface area contributed by atoms with Crippen molar-refractivity contribution in [3.63, 3.8) is 0 Å². The minimum absolute atomic E-state index is 0.118. The predicted octanol–water partition coefficient (Wildman–Crippen LogP) is 4.02. The molecule has 0 saturated heterocycles. The van der Waals surface area contributed by atoms with Crippen molar-refractivity contribution in [2.75, 3.05) is 31.7 Å². The van der Waals surface area contributed by atoms with Crippen molar-refractivity contribution < 1.29 is 47.4 Å². The van der Waals surface area contributed by atoms with Gasteiger partial charge in [-0.2, -0.15) is 0 Å². The molecule has 2 aromatic carbocycles. The van der Waals surface area contributed by atoms with Crippen LogP contribution in [0.4, 0.5) is 0 Å². The first-order chi connectivity index (χ1) is 17.2. The second-order valence-electron chi connectivity index (χ2n) is 8.85. The fraction of sp³-hybridized carbons (Fsp3) is 0.500. The van der Waals surface area contributed by atoms with Crippen molar-refractivity contribution in [3.05, 3.63) is 69.8 Å². The largest absolute Gasteiger partial charge is 0.392 e. The molecule has 0 amide bonds. The summed E-state index contributed by atoms with van der Waals surface area (Å²) in [6.45, 7) is 3.84. The highest BCUT2D eigenvalue weighted by Crippen LogP contribution is 2.48. The van der Waals surface area contributed by atoms with E-state index >= 15 is 0 Å². The van der Waals surface area contributed by atoms with Gasteiger partial charge in [-0.25, -0.2) is 0 Å². The summed E-state index contributed by atoms with van der Waals surface area (Å²) >= 11 is 0. The average Bonchev–Trinajstić information content (AvgIpc) is 2.79. The van der Waals surface area contributed by atoms with E-state index in [1.807, 2.05) is 30.3 Å². The van der Waals surface area contributed by atoms with E-state index in [1.165, 1.54) is 0 Å². The number of aliphatic hydroxyl groups is 1. The van der Waals surface area contributed by atoms with Gasteiger partial charge in [0, 0.05) is 0 Å². The number of hydrogen-bond donors (Lipinski definition) is 5. The second-order valence-corrected chi connectivity index (χ2v) is 14.6. The number of rotatable bonds is 16. The molecule has 0 saturated carbocycles. The molecule has 0 aromatic heterocycles. The second kappa shape index (κ2) is 14.3. The van der Waals surface area contributed by atoms with Gasteiger partial charge in [0.05, 0.1) is 38.3 Å². The fourth-order valence-corrected chi connectivity index (χ4v) is 6.77. The Kier molecular flexibility index (Phi) is 12.4. The van der Waals surface area contributed by atoms with Crippen LogP contribution in [-0.4, -0.2) is 56.4 Å². The fourth-order valence-electron chi connectivity index (χ4n) is 4.02. The van der Waals surface area contributed by atoms with Crippen LogP contribution in [-0.2, 0) is 55.0 Å². The van der Waals surface area contributed by atoms with Crippen molar-refractivity contribution in [3.8, 4) is 0 Å². The molecule has 208 valence electrons. The van der Waals surface area contributed by atoms with Gasteiger partial charge in [-0.1, -0.05) is 36.4 Å². The summed E-state index contributed by atoms with van der Waals surface area (Å²) < 4.78 is 46.3. The minimum atomic E-state index is -4.21. The van der Waals surface area contributed by atoms with E-state index in [1.54, 1.807) is 19.9 Å². The van der Waals surface area contributed by atoms with Crippen LogP contribution in [0.3, 0.4) is 0 Å². The Morgan fingerprint density at radius 3 is 1.32 bits per heavy atom. The minimum Gasteiger partial charge on any atom is -0.392 e. The summed E-state index contributed by atoms with van der Waals surface area (Å²) in [5, 5.41) is 9.78. The third kappa shape index (κ3) is 12.5. The lowest BCUT2D eigenvalue weighted by atomic mass is 9.95. The summed E-state index contributed by atoms with van der Waals surface area (Å²) in [7, 11) is -11.7. The molecule has 2 aromatic rings. The van der Waals surface area contributed by atoms with Crippen molar-refractivity contribution >= 4 is 22.8 Å². The SMILES string of the molecule is CCOP(=O)(CCc1cc(CO)cc(Cc2cc(CCP(=O)(O)O)cc(CCP(=O)(O)O)c2)c1)OCC. The number of aliphatic hydroxyl groups excluding tert-OH is 1.